The van der Waals surface area contributed by atoms with Gasteiger partial charge in [-0.3, -0.25) is 9.78 Å². The van der Waals surface area contributed by atoms with Crippen molar-refractivity contribution in [3.05, 3.63) is 30.4 Å². The van der Waals surface area contributed by atoms with E-state index in [1.165, 1.54) is 0 Å². The van der Waals surface area contributed by atoms with Crippen molar-refractivity contribution in [2.75, 3.05) is 0 Å². The summed E-state index contributed by atoms with van der Waals surface area (Å²) in [5.74, 6) is 1.80. The fraction of sp³-hybridized carbons (Fsp3) is 0.385. The van der Waals surface area contributed by atoms with Gasteiger partial charge in [-0.15, -0.1) is 0 Å². The van der Waals surface area contributed by atoms with Crippen molar-refractivity contribution in [1.82, 2.24) is 15.1 Å². The highest BCUT2D eigenvalue weighted by molar-refractivity contribution is 5.79. The highest BCUT2D eigenvalue weighted by atomic mass is 16.5. The summed E-state index contributed by atoms with van der Waals surface area (Å²) in [5, 5.41) is 3.98. The second-order valence-corrected chi connectivity index (χ2v) is 4.51. The third-order valence-corrected chi connectivity index (χ3v) is 3.27. The van der Waals surface area contributed by atoms with E-state index in [1.807, 2.05) is 12.1 Å². The van der Waals surface area contributed by atoms with Crippen molar-refractivity contribution in [2.24, 2.45) is 0 Å². The van der Waals surface area contributed by atoms with Crippen LogP contribution < -0.4 is 0 Å². The fourth-order valence-electron chi connectivity index (χ4n) is 2.21. The molecule has 1 fully saturated rings. The zero-order chi connectivity index (χ0) is 12.4. The number of hydrogen-bond donors (Lipinski definition) is 0. The van der Waals surface area contributed by atoms with Gasteiger partial charge < -0.3 is 4.52 Å². The van der Waals surface area contributed by atoms with Gasteiger partial charge >= 0.3 is 0 Å². The second kappa shape index (κ2) is 4.68. The molecule has 0 aromatic carbocycles. The van der Waals surface area contributed by atoms with Crippen LogP contribution in [-0.4, -0.2) is 20.9 Å². The van der Waals surface area contributed by atoms with Gasteiger partial charge in [0.15, 0.2) is 0 Å². The normalized spacial score (nSPS) is 17.0. The lowest BCUT2D eigenvalue weighted by molar-refractivity contribution is -0.120. The molecule has 0 spiro atoms. The van der Waals surface area contributed by atoms with Crippen LogP contribution >= 0.6 is 0 Å². The maximum atomic E-state index is 11.2. The molecule has 5 nitrogen and oxygen atoms in total. The maximum Gasteiger partial charge on any atom is 0.230 e. The molecule has 0 N–H and O–H groups in total. The quantitative estimate of drug-likeness (QED) is 0.809. The molecular formula is C13H13N3O2. The molecule has 1 saturated carbocycles. The highest BCUT2D eigenvalue weighted by Gasteiger charge is 2.25. The summed E-state index contributed by atoms with van der Waals surface area (Å²) in [4.78, 5) is 19.6. The van der Waals surface area contributed by atoms with Crippen molar-refractivity contribution in [2.45, 2.75) is 31.6 Å². The van der Waals surface area contributed by atoms with E-state index in [1.54, 1.807) is 12.4 Å². The number of nitrogens with zero attached hydrogens (tertiary/aromatic N) is 3. The van der Waals surface area contributed by atoms with Gasteiger partial charge in [-0.25, -0.2) is 0 Å². The summed E-state index contributed by atoms with van der Waals surface area (Å²) in [6.07, 6.45) is 6.28. The Morgan fingerprint density at radius 1 is 1.17 bits per heavy atom. The van der Waals surface area contributed by atoms with Crippen molar-refractivity contribution in [3.63, 3.8) is 0 Å². The second-order valence-electron chi connectivity index (χ2n) is 4.51. The van der Waals surface area contributed by atoms with Crippen molar-refractivity contribution >= 4 is 5.78 Å². The number of hydrogen-bond acceptors (Lipinski definition) is 5. The molecule has 1 aliphatic rings. The van der Waals surface area contributed by atoms with E-state index in [9.17, 15) is 4.79 Å². The summed E-state index contributed by atoms with van der Waals surface area (Å²) in [6, 6.07) is 3.69. The first kappa shape index (κ1) is 11.1. The van der Waals surface area contributed by atoms with E-state index in [0.29, 0.717) is 30.3 Å². The van der Waals surface area contributed by atoms with Crippen LogP contribution in [0.2, 0.25) is 0 Å². The average molecular weight is 243 g/mol. The molecule has 3 rings (SSSR count). The number of Topliss-reactive ketones (excluding diaryl/α,β-unsaturated/α-hetero) is 1. The summed E-state index contributed by atoms with van der Waals surface area (Å²) < 4.78 is 5.30. The molecule has 0 bridgehead atoms. The van der Waals surface area contributed by atoms with E-state index in [0.717, 1.165) is 18.4 Å². The molecular weight excluding hydrogens is 230 g/mol. The van der Waals surface area contributed by atoms with Gasteiger partial charge in [-0.05, 0) is 25.0 Å². The third kappa shape index (κ3) is 2.16. The number of carbonyl (C=O) groups is 1. The van der Waals surface area contributed by atoms with Crippen LogP contribution in [0.4, 0.5) is 0 Å². The van der Waals surface area contributed by atoms with Gasteiger partial charge in [0.25, 0.3) is 0 Å². The smallest absolute Gasteiger partial charge is 0.230 e. The first-order valence-electron chi connectivity index (χ1n) is 6.08. The summed E-state index contributed by atoms with van der Waals surface area (Å²) in [5.41, 5.74) is 0.895. The summed E-state index contributed by atoms with van der Waals surface area (Å²) in [6.45, 7) is 0. The first-order valence-corrected chi connectivity index (χ1v) is 6.08. The van der Waals surface area contributed by atoms with Crippen LogP contribution in [0.5, 0.6) is 0 Å². The van der Waals surface area contributed by atoms with Crippen molar-refractivity contribution < 1.29 is 9.32 Å². The molecule has 0 atom stereocenters. The van der Waals surface area contributed by atoms with Crippen molar-refractivity contribution in [1.29, 1.82) is 0 Å². The Bertz CT molecular complexity index is 540. The fourth-order valence-corrected chi connectivity index (χ4v) is 2.21. The maximum absolute atomic E-state index is 11.2. The molecule has 5 heteroatoms. The van der Waals surface area contributed by atoms with E-state index in [2.05, 4.69) is 15.1 Å². The summed E-state index contributed by atoms with van der Waals surface area (Å²) >= 11 is 0. The number of carbonyl (C=O) groups excluding carboxylic acids is 1. The first-order chi connectivity index (χ1) is 8.83. The standard InChI is InChI=1S/C13H13N3O2/c17-11-3-1-10(2-4-11)13-15-12(16-18-13)9-5-7-14-8-6-9/h5-8,10H,1-4H2. The number of rotatable bonds is 2. The van der Waals surface area contributed by atoms with Gasteiger partial charge in [-0.1, -0.05) is 5.16 Å². The molecule has 0 radical (unpaired) electrons. The molecule has 18 heavy (non-hydrogen) atoms. The summed E-state index contributed by atoms with van der Waals surface area (Å²) in [7, 11) is 0. The van der Waals surface area contributed by atoms with Crippen LogP contribution in [0, 0.1) is 0 Å². The van der Waals surface area contributed by atoms with Crippen LogP contribution in [0.1, 0.15) is 37.5 Å². The number of ketones is 1. The van der Waals surface area contributed by atoms with Gasteiger partial charge in [0.05, 0.1) is 0 Å². The lowest BCUT2D eigenvalue weighted by Gasteiger charge is -2.16. The Kier molecular flexibility index (Phi) is 2.88. The lowest BCUT2D eigenvalue weighted by atomic mass is 9.88. The monoisotopic (exact) mass is 243 g/mol. The Balaban J connectivity index is 1.80. The van der Waals surface area contributed by atoms with Crippen LogP contribution in [0.15, 0.2) is 29.0 Å². The zero-order valence-corrected chi connectivity index (χ0v) is 9.87. The molecule has 0 aliphatic heterocycles. The van der Waals surface area contributed by atoms with E-state index in [-0.39, 0.29) is 5.92 Å². The number of aromatic nitrogens is 3. The van der Waals surface area contributed by atoms with Gasteiger partial charge in [-0.2, -0.15) is 4.98 Å². The Hall–Kier alpha value is -2.04. The Morgan fingerprint density at radius 2 is 1.89 bits per heavy atom. The van der Waals surface area contributed by atoms with Gasteiger partial charge in [0, 0.05) is 36.7 Å². The predicted molar refractivity (Wildman–Crippen MR) is 63.7 cm³/mol. The van der Waals surface area contributed by atoms with Crippen LogP contribution in [-0.2, 0) is 4.79 Å². The molecule has 2 aromatic heterocycles. The predicted octanol–water partition coefficient (Wildman–Crippen LogP) is 2.36. The topological polar surface area (TPSA) is 68.9 Å². The minimum absolute atomic E-state index is 0.228. The molecule has 2 heterocycles. The molecule has 92 valence electrons. The Morgan fingerprint density at radius 3 is 2.61 bits per heavy atom. The van der Waals surface area contributed by atoms with Crippen LogP contribution in [0.3, 0.4) is 0 Å². The average Bonchev–Trinajstić information content (AvgIpc) is 2.90. The molecule has 1 aliphatic carbocycles. The number of pyridine rings is 1. The van der Waals surface area contributed by atoms with E-state index >= 15 is 0 Å². The third-order valence-electron chi connectivity index (χ3n) is 3.27. The largest absolute Gasteiger partial charge is 0.339 e. The SMILES string of the molecule is O=C1CCC(c2nc(-c3ccncc3)no2)CC1. The molecule has 0 amide bonds. The molecule has 2 aromatic rings. The van der Waals surface area contributed by atoms with Crippen LogP contribution in [0.25, 0.3) is 11.4 Å². The minimum Gasteiger partial charge on any atom is -0.339 e. The molecule has 0 unspecified atom stereocenters. The van der Waals surface area contributed by atoms with Gasteiger partial charge in [0.2, 0.25) is 11.7 Å². The Labute approximate surface area is 104 Å². The lowest BCUT2D eigenvalue weighted by Crippen LogP contribution is -2.12. The molecule has 0 saturated heterocycles. The van der Waals surface area contributed by atoms with E-state index < -0.39 is 0 Å². The van der Waals surface area contributed by atoms with E-state index in [4.69, 9.17) is 4.52 Å². The van der Waals surface area contributed by atoms with Gasteiger partial charge in [0.1, 0.15) is 5.78 Å². The minimum atomic E-state index is 0.228. The highest BCUT2D eigenvalue weighted by Crippen LogP contribution is 2.31. The van der Waals surface area contributed by atoms with Crippen molar-refractivity contribution in [3.8, 4) is 11.4 Å². The zero-order valence-electron chi connectivity index (χ0n) is 9.87.